The number of nitrogens with one attached hydrogen (secondary N) is 1. The van der Waals surface area contributed by atoms with E-state index in [2.05, 4.69) is 10.3 Å². The van der Waals surface area contributed by atoms with E-state index in [0.29, 0.717) is 38.2 Å². The Morgan fingerprint density at radius 3 is 3.00 bits per heavy atom. The highest BCUT2D eigenvalue weighted by Gasteiger charge is 2.22. The maximum Gasteiger partial charge on any atom is 0.228 e. The molecule has 1 aliphatic heterocycles. The van der Waals surface area contributed by atoms with Crippen molar-refractivity contribution in [2.45, 2.75) is 19.6 Å². The molecule has 1 saturated heterocycles. The fourth-order valence-electron chi connectivity index (χ4n) is 2.02. The molecule has 0 spiro atoms. The lowest BCUT2D eigenvalue weighted by atomic mass is 9.99. The average molecular weight is 267 g/mol. The summed E-state index contributed by atoms with van der Waals surface area (Å²) >= 11 is 0. The summed E-state index contributed by atoms with van der Waals surface area (Å²) in [4.78, 5) is 26.9. The van der Waals surface area contributed by atoms with Crippen LogP contribution in [-0.2, 0) is 21.0 Å². The van der Waals surface area contributed by atoms with Gasteiger partial charge in [-0.1, -0.05) is 0 Å². The summed E-state index contributed by atoms with van der Waals surface area (Å²) in [5.41, 5.74) is 0. The zero-order chi connectivity index (χ0) is 13.7. The van der Waals surface area contributed by atoms with Gasteiger partial charge in [-0.15, -0.1) is 0 Å². The minimum absolute atomic E-state index is 0.0546. The summed E-state index contributed by atoms with van der Waals surface area (Å²) in [7, 11) is 1.52. The summed E-state index contributed by atoms with van der Waals surface area (Å²) in [5, 5.41) is 2.72. The lowest BCUT2D eigenvalue weighted by molar-refractivity contribution is -0.122. The van der Waals surface area contributed by atoms with Crippen LogP contribution in [0.5, 0.6) is 0 Å². The highest BCUT2D eigenvalue weighted by molar-refractivity contribution is 5.92. The van der Waals surface area contributed by atoms with Gasteiger partial charge in [0.1, 0.15) is 6.73 Å². The van der Waals surface area contributed by atoms with Crippen LogP contribution in [0.2, 0.25) is 0 Å². The molecule has 1 aromatic rings. The number of carbonyl (C=O) groups excluding carboxylic acids is 2. The number of aldehydes is 1. The van der Waals surface area contributed by atoms with Gasteiger partial charge in [0.15, 0.2) is 17.9 Å². The Labute approximate surface area is 110 Å². The number of carbonyl (C=O) groups is 2. The van der Waals surface area contributed by atoms with E-state index in [1.165, 1.54) is 11.7 Å². The predicted octanol–water partition coefficient (Wildman–Crippen LogP) is 0.665. The van der Waals surface area contributed by atoms with Crippen LogP contribution in [0.15, 0.2) is 6.20 Å². The molecule has 1 amide bonds. The van der Waals surface area contributed by atoms with E-state index in [0.717, 1.165) is 0 Å². The molecule has 1 aromatic heterocycles. The van der Waals surface area contributed by atoms with Gasteiger partial charge in [0.2, 0.25) is 5.91 Å². The van der Waals surface area contributed by atoms with Gasteiger partial charge in [-0.3, -0.25) is 9.59 Å². The summed E-state index contributed by atoms with van der Waals surface area (Å²) < 4.78 is 11.7. The van der Waals surface area contributed by atoms with Crippen molar-refractivity contribution in [1.29, 1.82) is 0 Å². The third kappa shape index (κ3) is 3.39. The molecule has 1 fully saturated rings. The molecule has 0 radical (unpaired) electrons. The highest BCUT2D eigenvalue weighted by Crippen LogP contribution is 2.17. The fraction of sp³-hybridized carbons (Fsp3) is 0.583. The van der Waals surface area contributed by atoms with Crippen molar-refractivity contribution in [3.63, 3.8) is 0 Å². The second kappa shape index (κ2) is 6.44. The van der Waals surface area contributed by atoms with Crippen LogP contribution in [-0.4, -0.2) is 42.1 Å². The Hall–Kier alpha value is -1.73. The number of methoxy groups -OCH3 is 1. The maximum atomic E-state index is 12.0. The Kier molecular flexibility index (Phi) is 4.64. The molecule has 0 bridgehead atoms. The van der Waals surface area contributed by atoms with Crippen LogP contribution < -0.4 is 5.32 Å². The third-order valence-electron chi connectivity index (χ3n) is 3.02. The molecular formula is C12H17N3O4. The number of anilines is 1. The first kappa shape index (κ1) is 13.7. The fourth-order valence-corrected chi connectivity index (χ4v) is 2.02. The Bertz CT molecular complexity index is 452. The van der Waals surface area contributed by atoms with Crippen molar-refractivity contribution >= 4 is 18.0 Å². The number of hydrogen-bond donors (Lipinski definition) is 1. The Morgan fingerprint density at radius 1 is 1.63 bits per heavy atom. The minimum Gasteiger partial charge on any atom is -0.381 e. The van der Waals surface area contributed by atoms with Gasteiger partial charge in [0, 0.05) is 26.2 Å². The van der Waals surface area contributed by atoms with E-state index < -0.39 is 0 Å². The lowest BCUT2D eigenvalue weighted by Gasteiger charge is -2.20. The number of nitrogens with zero attached hydrogens (tertiary/aromatic N) is 2. The van der Waals surface area contributed by atoms with Crippen LogP contribution in [0.4, 0.5) is 5.82 Å². The lowest BCUT2D eigenvalue weighted by Crippen LogP contribution is -2.28. The molecule has 0 unspecified atom stereocenters. The molecule has 104 valence electrons. The number of hydrogen-bond acceptors (Lipinski definition) is 5. The first-order valence-electron chi connectivity index (χ1n) is 6.14. The number of rotatable bonds is 5. The van der Waals surface area contributed by atoms with Crippen LogP contribution in [0.25, 0.3) is 0 Å². The molecule has 19 heavy (non-hydrogen) atoms. The maximum absolute atomic E-state index is 12.0. The number of aromatic nitrogens is 2. The first-order valence-corrected chi connectivity index (χ1v) is 6.14. The van der Waals surface area contributed by atoms with Gasteiger partial charge in [-0.2, -0.15) is 0 Å². The zero-order valence-corrected chi connectivity index (χ0v) is 10.8. The topological polar surface area (TPSA) is 82.4 Å². The number of ether oxygens (including phenoxy) is 2. The summed E-state index contributed by atoms with van der Waals surface area (Å²) in [5.74, 6) is 0.462. The second-order valence-corrected chi connectivity index (χ2v) is 4.37. The first-order chi connectivity index (χ1) is 9.24. The molecule has 1 N–H and O–H groups in total. The monoisotopic (exact) mass is 267 g/mol. The van der Waals surface area contributed by atoms with Gasteiger partial charge in [-0.25, -0.2) is 4.98 Å². The van der Waals surface area contributed by atoms with Gasteiger partial charge < -0.3 is 19.4 Å². The Balaban J connectivity index is 2.01. The molecule has 0 saturated carbocycles. The molecule has 0 atom stereocenters. The zero-order valence-electron chi connectivity index (χ0n) is 10.8. The van der Waals surface area contributed by atoms with Gasteiger partial charge in [0.25, 0.3) is 0 Å². The van der Waals surface area contributed by atoms with Crippen LogP contribution in [0, 0.1) is 5.92 Å². The van der Waals surface area contributed by atoms with Crippen molar-refractivity contribution in [2.24, 2.45) is 5.92 Å². The highest BCUT2D eigenvalue weighted by atomic mass is 16.5. The third-order valence-corrected chi connectivity index (χ3v) is 3.02. The molecule has 1 aliphatic rings. The van der Waals surface area contributed by atoms with Crippen molar-refractivity contribution in [3.05, 3.63) is 12.0 Å². The van der Waals surface area contributed by atoms with Crippen molar-refractivity contribution in [3.8, 4) is 0 Å². The summed E-state index contributed by atoms with van der Waals surface area (Å²) in [6.45, 7) is 1.43. The quantitative estimate of drug-likeness (QED) is 0.793. The summed E-state index contributed by atoms with van der Waals surface area (Å²) in [6, 6.07) is 0. The van der Waals surface area contributed by atoms with E-state index in [4.69, 9.17) is 9.47 Å². The Morgan fingerprint density at radius 2 is 2.37 bits per heavy atom. The van der Waals surface area contributed by atoms with E-state index in [-0.39, 0.29) is 24.4 Å². The smallest absolute Gasteiger partial charge is 0.228 e. The van der Waals surface area contributed by atoms with Crippen LogP contribution in [0.1, 0.15) is 23.5 Å². The SMILES string of the molecule is COCn1cc(NC(=O)C2CCOCC2)nc1C=O. The molecule has 2 heterocycles. The van der Waals surface area contributed by atoms with Crippen LogP contribution in [0.3, 0.4) is 0 Å². The number of amides is 1. The van der Waals surface area contributed by atoms with Gasteiger partial charge in [-0.05, 0) is 12.8 Å². The van der Waals surface area contributed by atoms with E-state index in [1.54, 1.807) is 6.20 Å². The summed E-state index contributed by atoms with van der Waals surface area (Å²) in [6.07, 6.45) is 3.64. The molecular weight excluding hydrogens is 250 g/mol. The van der Waals surface area contributed by atoms with Crippen molar-refractivity contribution < 1.29 is 19.1 Å². The molecule has 0 aromatic carbocycles. The van der Waals surface area contributed by atoms with E-state index >= 15 is 0 Å². The predicted molar refractivity (Wildman–Crippen MR) is 66.8 cm³/mol. The van der Waals surface area contributed by atoms with E-state index in [9.17, 15) is 9.59 Å². The molecule has 2 rings (SSSR count). The largest absolute Gasteiger partial charge is 0.381 e. The van der Waals surface area contributed by atoms with Crippen molar-refractivity contribution in [2.75, 3.05) is 25.6 Å². The minimum atomic E-state index is -0.0807. The van der Waals surface area contributed by atoms with Gasteiger partial charge >= 0.3 is 0 Å². The van der Waals surface area contributed by atoms with Crippen LogP contribution >= 0.6 is 0 Å². The molecule has 7 heteroatoms. The normalized spacial score (nSPS) is 16.3. The molecule has 0 aliphatic carbocycles. The standard InChI is InChI=1S/C12H17N3O4/c1-18-8-15-6-10(13-11(15)7-16)14-12(17)9-2-4-19-5-3-9/h6-7,9H,2-5,8H2,1H3,(H,14,17). The molecule has 7 nitrogen and oxygen atoms in total. The van der Waals surface area contributed by atoms with E-state index in [1.807, 2.05) is 0 Å². The number of imidazole rings is 1. The van der Waals surface area contributed by atoms with Gasteiger partial charge in [0.05, 0.1) is 6.20 Å². The average Bonchev–Trinajstić information content (AvgIpc) is 2.82. The van der Waals surface area contributed by atoms with Crippen molar-refractivity contribution in [1.82, 2.24) is 9.55 Å². The second-order valence-electron chi connectivity index (χ2n) is 4.37.